The van der Waals surface area contributed by atoms with Crippen LogP contribution in [0.4, 0.5) is 10.5 Å². The standard InChI is InChI=1S/C13H17N3O4/c1-14(2)11-7-8-15(9-11)13(17)20-12-5-3-10(4-6-12)16(18)19/h3-6,11H,7-9H2,1-2H3/t11-/m0/s1. The number of nitro benzene ring substituents is 1. The van der Waals surface area contributed by atoms with Crippen molar-refractivity contribution < 1.29 is 14.5 Å². The summed E-state index contributed by atoms with van der Waals surface area (Å²) in [6.07, 6.45) is 0.505. The zero-order valence-corrected chi connectivity index (χ0v) is 11.5. The molecule has 0 radical (unpaired) electrons. The third-order valence-corrected chi connectivity index (χ3v) is 3.40. The summed E-state index contributed by atoms with van der Waals surface area (Å²) in [7, 11) is 3.96. The van der Waals surface area contributed by atoms with Gasteiger partial charge >= 0.3 is 6.09 Å². The zero-order chi connectivity index (χ0) is 14.7. The molecular formula is C13H17N3O4. The van der Waals surface area contributed by atoms with E-state index in [1.54, 1.807) is 4.90 Å². The largest absolute Gasteiger partial charge is 0.415 e. The van der Waals surface area contributed by atoms with Crippen molar-refractivity contribution in [3.8, 4) is 5.75 Å². The van der Waals surface area contributed by atoms with Gasteiger partial charge in [-0.05, 0) is 32.6 Å². The first-order chi connectivity index (χ1) is 9.47. The van der Waals surface area contributed by atoms with Gasteiger partial charge in [0.05, 0.1) is 4.92 Å². The van der Waals surface area contributed by atoms with E-state index >= 15 is 0 Å². The molecule has 1 atom stereocenters. The smallest absolute Gasteiger partial charge is 0.410 e. The fourth-order valence-corrected chi connectivity index (χ4v) is 2.13. The highest BCUT2D eigenvalue weighted by atomic mass is 16.6. The Labute approximate surface area is 116 Å². The van der Waals surface area contributed by atoms with Gasteiger partial charge in [0.15, 0.2) is 0 Å². The van der Waals surface area contributed by atoms with Gasteiger partial charge in [-0.3, -0.25) is 10.1 Å². The molecule has 1 aliphatic heterocycles. The molecule has 1 fully saturated rings. The second-order valence-corrected chi connectivity index (χ2v) is 4.97. The molecule has 0 aromatic heterocycles. The summed E-state index contributed by atoms with van der Waals surface area (Å²) in [6, 6.07) is 5.83. The quantitative estimate of drug-likeness (QED) is 0.622. The molecule has 0 aliphatic carbocycles. The first-order valence-electron chi connectivity index (χ1n) is 6.35. The summed E-state index contributed by atoms with van der Waals surface area (Å²) in [5.74, 6) is 0.314. The molecule has 1 aliphatic rings. The van der Waals surface area contributed by atoms with Crippen molar-refractivity contribution in [2.45, 2.75) is 12.5 Å². The normalized spacial score (nSPS) is 18.4. The molecule has 1 heterocycles. The van der Waals surface area contributed by atoms with Gasteiger partial charge < -0.3 is 14.5 Å². The second kappa shape index (κ2) is 5.87. The molecule has 7 heteroatoms. The minimum absolute atomic E-state index is 0.0290. The summed E-state index contributed by atoms with van der Waals surface area (Å²) in [5, 5.41) is 10.5. The number of non-ortho nitro benzene ring substituents is 1. The molecule has 1 amide bonds. The molecule has 20 heavy (non-hydrogen) atoms. The van der Waals surface area contributed by atoms with E-state index in [4.69, 9.17) is 4.74 Å². The van der Waals surface area contributed by atoms with Crippen molar-refractivity contribution in [1.82, 2.24) is 9.80 Å². The van der Waals surface area contributed by atoms with E-state index in [0.29, 0.717) is 24.9 Å². The van der Waals surface area contributed by atoms with E-state index < -0.39 is 11.0 Å². The van der Waals surface area contributed by atoms with E-state index in [9.17, 15) is 14.9 Å². The molecule has 0 bridgehead atoms. The van der Waals surface area contributed by atoms with Crippen molar-refractivity contribution in [2.24, 2.45) is 0 Å². The Hall–Kier alpha value is -2.15. The molecule has 1 aromatic rings. The number of hydrogen-bond donors (Lipinski definition) is 0. The number of nitrogens with zero attached hydrogens (tertiary/aromatic N) is 3. The van der Waals surface area contributed by atoms with Gasteiger partial charge in [-0.15, -0.1) is 0 Å². The van der Waals surface area contributed by atoms with E-state index in [-0.39, 0.29) is 5.69 Å². The van der Waals surface area contributed by atoms with Crippen LogP contribution in [0.2, 0.25) is 0 Å². The predicted octanol–water partition coefficient (Wildman–Crippen LogP) is 1.73. The number of likely N-dealkylation sites (N-methyl/N-ethyl adjacent to an activating group) is 1. The Kier molecular flexibility index (Phi) is 4.19. The third-order valence-electron chi connectivity index (χ3n) is 3.40. The van der Waals surface area contributed by atoms with Crippen LogP contribution in [0, 0.1) is 10.1 Å². The van der Waals surface area contributed by atoms with Crippen LogP contribution < -0.4 is 4.74 Å². The molecular weight excluding hydrogens is 262 g/mol. The number of ether oxygens (including phenoxy) is 1. The number of carbonyl (C=O) groups is 1. The number of hydrogen-bond acceptors (Lipinski definition) is 5. The number of amides is 1. The van der Waals surface area contributed by atoms with Crippen molar-refractivity contribution in [1.29, 1.82) is 0 Å². The molecule has 1 aromatic carbocycles. The van der Waals surface area contributed by atoms with E-state index in [1.165, 1.54) is 24.3 Å². The van der Waals surface area contributed by atoms with Crippen LogP contribution in [0.3, 0.4) is 0 Å². The first kappa shape index (κ1) is 14.3. The summed E-state index contributed by atoms with van der Waals surface area (Å²) in [5.41, 5.74) is -0.0290. The van der Waals surface area contributed by atoms with Crippen LogP contribution in [0.5, 0.6) is 5.75 Å². The number of likely N-dealkylation sites (tertiary alicyclic amines) is 1. The molecule has 108 valence electrons. The van der Waals surface area contributed by atoms with Crippen LogP contribution in [0.25, 0.3) is 0 Å². The van der Waals surface area contributed by atoms with Gasteiger partial charge in [0.25, 0.3) is 5.69 Å². The maximum Gasteiger partial charge on any atom is 0.415 e. The number of benzene rings is 1. The summed E-state index contributed by atoms with van der Waals surface area (Å²) in [4.78, 5) is 25.7. The third kappa shape index (κ3) is 3.24. The molecule has 0 unspecified atom stereocenters. The Morgan fingerprint density at radius 2 is 2.05 bits per heavy atom. The highest BCUT2D eigenvalue weighted by Gasteiger charge is 2.28. The fourth-order valence-electron chi connectivity index (χ4n) is 2.13. The van der Waals surface area contributed by atoms with Gasteiger partial charge in [0, 0.05) is 31.3 Å². The average molecular weight is 279 g/mol. The van der Waals surface area contributed by atoms with Gasteiger partial charge in [-0.25, -0.2) is 4.79 Å². The van der Waals surface area contributed by atoms with Crippen molar-refractivity contribution in [3.05, 3.63) is 34.4 Å². The predicted molar refractivity (Wildman–Crippen MR) is 72.8 cm³/mol. The van der Waals surface area contributed by atoms with Gasteiger partial charge in [0.1, 0.15) is 5.75 Å². The lowest BCUT2D eigenvalue weighted by atomic mass is 10.2. The average Bonchev–Trinajstić information content (AvgIpc) is 2.89. The van der Waals surface area contributed by atoms with Crippen LogP contribution in [0.15, 0.2) is 24.3 Å². The highest BCUT2D eigenvalue weighted by Crippen LogP contribution is 2.20. The minimum atomic E-state index is -0.492. The number of rotatable bonds is 3. The first-order valence-corrected chi connectivity index (χ1v) is 6.35. The van der Waals surface area contributed by atoms with Crippen molar-refractivity contribution >= 4 is 11.8 Å². The molecule has 2 rings (SSSR count). The van der Waals surface area contributed by atoms with Crippen LogP contribution >= 0.6 is 0 Å². The molecule has 0 spiro atoms. The Morgan fingerprint density at radius 1 is 1.40 bits per heavy atom. The molecule has 1 saturated heterocycles. The number of nitro groups is 1. The summed E-state index contributed by atoms with van der Waals surface area (Å²) in [6.45, 7) is 1.30. The maximum atomic E-state index is 12.0. The highest BCUT2D eigenvalue weighted by molar-refractivity contribution is 5.71. The van der Waals surface area contributed by atoms with Crippen LogP contribution in [0.1, 0.15) is 6.42 Å². The van der Waals surface area contributed by atoms with Crippen LogP contribution in [-0.4, -0.2) is 54.0 Å². The lowest BCUT2D eigenvalue weighted by Crippen LogP contribution is -2.35. The Balaban J connectivity index is 1.93. The van der Waals surface area contributed by atoms with E-state index in [2.05, 4.69) is 4.90 Å². The van der Waals surface area contributed by atoms with Crippen molar-refractivity contribution in [3.63, 3.8) is 0 Å². The molecule has 0 N–H and O–H groups in total. The summed E-state index contributed by atoms with van der Waals surface area (Å²) >= 11 is 0. The van der Waals surface area contributed by atoms with E-state index in [0.717, 1.165) is 6.42 Å². The van der Waals surface area contributed by atoms with Gasteiger partial charge in [0.2, 0.25) is 0 Å². The zero-order valence-electron chi connectivity index (χ0n) is 11.5. The molecule has 7 nitrogen and oxygen atoms in total. The maximum absolute atomic E-state index is 12.0. The Morgan fingerprint density at radius 3 is 2.55 bits per heavy atom. The second-order valence-electron chi connectivity index (χ2n) is 4.97. The van der Waals surface area contributed by atoms with E-state index in [1.807, 2.05) is 14.1 Å². The van der Waals surface area contributed by atoms with Crippen LogP contribution in [-0.2, 0) is 0 Å². The monoisotopic (exact) mass is 279 g/mol. The lowest BCUT2D eigenvalue weighted by molar-refractivity contribution is -0.384. The minimum Gasteiger partial charge on any atom is -0.410 e. The fraction of sp³-hybridized carbons (Fsp3) is 0.462. The Bertz CT molecular complexity index is 501. The number of carbonyl (C=O) groups excluding carboxylic acids is 1. The molecule has 0 saturated carbocycles. The van der Waals surface area contributed by atoms with Gasteiger partial charge in [-0.1, -0.05) is 0 Å². The van der Waals surface area contributed by atoms with Crippen molar-refractivity contribution in [2.75, 3.05) is 27.2 Å². The summed E-state index contributed by atoms with van der Waals surface area (Å²) < 4.78 is 5.21. The van der Waals surface area contributed by atoms with Gasteiger partial charge in [-0.2, -0.15) is 0 Å². The lowest BCUT2D eigenvalue weighted by Gasteiger charge is -2.20. The SMILES string of the molecule is CN(C)[C@H]1CCN(C(=O)Oc2ccc([N+](=O)[O-])cc2)C1. The topological polar surface area (TPSA) is 75.9 Å².